The summed E-state index contributed by atoms with van der Waals surface area (Å²) in [5.41, 5.74) is 7.79. The molecule has 1 unspecified atom stereocenters. The van der Waals surface area contributed by atoms with Crippen molar-refractivity contribution < 1.29 is 14.4 Å². The Hall–Kier alpha value is -3.19. The van der Waals surface area contributed by atoms with Gasteiger partial charge in [-0.3, -0.25) is 19.3 Å². The van der Waals surface area contributed by atoms with Crippen molar-refractivity contribution in [2.24, 2.45) is 11.7 Å². The summed E-state index contributed by atoms with van der Waals surface area (Å²) in [5, 5.41) is 2.93. The molecule has 2 fully saturated rings. The SMILES string of the molecule is NC(=O)C1CCN(C(=O)CC2C(=O)NCCN2CC(c2ccccc2)c2ccccc2)CC1. The van der Waals surface area contributed by atoms with Crippen LogP contribution < -0.4 is 11.1 Å². The molecule has 2 aliphatic rings. The first-order valence-corrected chi connectivity index (χ1v) is 11.7. The van der Waals surface area contributed by atoms with E-state index >= 15 is 0 Å². The highest BCUT2D eigenvalue weighted by Crippen LogP contribution is 2.28. The Morgan fingerprint density at radius 1 is 0.939 bits per heavy atom. The third-order valence-electron chi connectivity index (χ3n) is 6.88. The van der Waals surface area contributed by atoms with Gasteiger partial charge in [-0.1, -0.05) is 60.7 Å². The molecule has 0 bridgehead atoms. The Kier molecular flexibility index (Phi) is 7.40. The smallest absolute Gasteiger partial charge is 0.237 e. The zero-order chi connectivity index (χ0) is 23.2. The van der Waals surface area contributed by atoms with Gasteiger partial charge in [0.1, 0.15) is 0 Å². The molecule has 2 aromatic carbocycles. The maximum absolute atomic E-state index is 13.1. The van der Waals surface area contributed by atoms with Gasteiger partial charge >= 0.3 is 0 Å². The minimum atomic E-state index is -0.505. The summed E-state index contributed by atoms with van der Waals surface area (Å²) in [7, 11) is 0. The number of likely N-dealkylation sites (tertiary alicyclic amines) is 1. The molecule has 2 heterocycles. The Morgan fingerprint density at radius 2 is 1.52 bits per heavy atom. The second-order valence-corrected chi connectivity index (χ2v) is 8.94. The van der Waals surface area contributed by atoms with Gasteiger partial charge in [0.2, 0.25) is 17.7 Å². The second-order valence-electron chi connectivity index (χ2n) is 8.94. The van der Waals surface area contributed by atoms with Crippen LogP contribution in [0.15, 0.2) is 60.7 Å². The normalized spacial score (nSPS) is 20.0. The number of carbonyl (C=O) groups excluding carboxylic acids is 3. The number of piperidine rings is 1. The Bertz CT molecular complexity index is 919. The number of nitrogens with two attached hydrogens (primary N) is 1. The molecule has 33 heavy (non-hydrogen) atoms. The summed E-state index contributed by atoms with van der Waals surface area (Å²) in [6.07, 6.45) is 1.32. The highest BCUT2D eigenvalue weighted by molar-refractivity contribution is 5.89. The van der Waals surface area contributed by atoms with E-state index < -0.39 is 6.04 Å². The number of nitrogens with one attached hydrogen (secondary N) is 1. The molecule has 0 aliphatic carbocycles. The molecular weight excluding hydrogens is 416 g/mol. The number of nitrogens with zero attached hydrogens (tertiary/aromatic N) is 2. The average molecular weight is 449 g/mol. The summed E-state index contributed by atoms with van der Waals surface area (Å²) < 4.78 is 0. The van der Waals surface area contributed by atoms with Crippen LogP contribution in [0.3, 0.4) is 0 Å². The maximum atomic E-state index is 13.1. The molecule has 0 spiro atoms. The van der Waals surface area contributed by atoms with Crippen molar-refractivity contribution in [1.29, 1.82) is 0 Å². The van der Waals surface area contributed by atoms with Crippen LogP contribution in [0.4, 0.5) is 0 Å². The lowest BCUT2D eigenvalue weighted by Crippen LogP contribution is -2.57. The Labute approximate surface area is 194 Å². The van der Waals surface area contributed by atoms with E-state index in [0.717, 1.165) is 0 Å². The second kappa shape index (κ2) is 10.6. The summed E-state index contributed by atoms with van der Waals surface area (Å²) in [6, 6.07) is 20.1. The minimum absolute atomic E-state index is 0.0408. The van der Waals surface area contributed by atoms with Gasteiger partial charge in [-0.2, -0.15) is 0 Å². The maximum Gasteiger partial charge on any atom is 0.237 e. The van der Waals surface area contributed by atoms with Crippen molar-refractivity contribution in [3.05, 3.63) is 71.8 Å². The standard InChI is InChI=1S/C26H32N4O3/c27-25(32)21-11-14-29(15-12-21)24(31)17-23-26(33)28-13-16-30(23)18-22(19-7-3-1-4-8-19)20-9-5-2-6-10-20/h1-10,21-23H,11-18H2,(H2,27,32)(H,28,33). The fourth-order valence-electron chi connectivity index (χ4n) is 4.92. The fraction of sp³-hybridized carbons (Fsp3) is 0.423. The Balaban J connectivity index is 1.49. The molecule has 7 heteroatoms. The lowest BCUT2D eigenvalue weighted by Gasteiger charge is -2.38. The number of benzene rings is 2. The topological polar surface area (TPSA) is 95.7 Å². The lowest BCUT2D eigenvalue weighted by molar-refractivity contribution is -0.140. The molecule has 2 saturated heterocycles. The molecule has 4 rings (SSSR count). The van der Waals surface area contributed by atoms with Crippen LogP contribution in [0.5, 0.6) is 0 Å². The number of hydrogen-bond acceptors (Lipinski definition) is 4. The Morgan fingerprint density at radius 3 is 2.06 bits per heavy atom. The van der Waals surface area contributed by atoms with E-state index in [1.807, 2.05) is 36.4 Å². The van der Waals surface area contributed by atoms with Crippen LogP contribution in [0.1, 0.15) is 36.3 Å². The molecular formula is C26H32N4O3. The van der Waals surface area contributed by atoms with Crippen molar-refractivity contribution in [1.82, 2.24) is 15.1 Å². The minimum Gasteiger partial charge on any atom is -0.369 e. The summed E-state index contributed by atoms with van der Waals surface area (Å²) >= 11 is 0. The third-order valence-corrected chi connectivity index (χ3v) is 6.88. The van der Waals surface area contributed by atoms with Crippen molar-refractivity contribution in [2.45, 2.75) is 31.2 Å². The van der Waals surface area contributed by atoms with Gasteiger partial charge in [0.15, 0.2) is 0 Å². The van der Waals surface area contributed by atoms with Gasteiger partial charge in [0.05, 0.1) is 12.5 Å². The molecule has 2 aromatic rings. The van der Waals surface area contributed by atoms with Gasteiger partial charge in [-0.25, -0.2) is 0 Å². The fourth-order valence-corrected chi connectivity index (χ4v) is 4.92. The lowest BCUT2D eigenvalue weighted by atomic mass is 9.89. The van der Waals surface area contributed by atoms with E-state index in [9.17, 15) is 14.4 Å². The van der Waals surface area contributed by atoms with E-state index in [2.05, 4.69) is 34.5 Å². The predicted octanol–water partition coefficient (Wildman–Crippen LogP) is 1.73. The number of hydrogen-bond donors (Lipinski definition) is 2. The van der Waals surface area contributed by atoms with Gasteiger partial charge in [-0.05, 0) is 24.0 Å². The molecule has 1 atom stereocenters. The first kappa shape index (κ1) is 23.0. The van der Waals surface area contributed by atoms with Gasteiger partial charge < -0.3 is 16.0 Å². The van der Waals surface area contributed by atoms with Crippen LogP contribution in [0, 0.1) is 5.92 Å². The van der Waals surface area contributed by atoms with Crippen molar-refractivity contribution in [3.63, 3.8) is 0 Å². The molecule has 7 nitrogen and oxygen atoms in total. The average Bonchev–Trinajstić information content (AvgIpc) is 2.85. The van der Waals surface area contributed by atoms with Crippen LogP contribution in [0.25, 0.3) is 0 Å². The van der Waals surface area contributed by atoms with E-state index in [0.29, 0.717) is 45.6 Å². The number of rotatable bonds is 7. The molecule has 3 N–H and O–H groups in total. The quantitative estimate of drug-likeness (QED) is 0.674. The van der Waals surface area contributed by atoms with E-state index in [1.165, 1.54) is 11.1 Å². The van der Waals surface area contributed by atoms with Crippen LogP contribution in [-0.4, -0.2) is 66.3 Å². The predicted molar refractivity (Wildman–Crippen MR) is 126 cm³/mol. The van der Waals surface area contributed by atoms with Crippen LogP contribution in [-0.2, 0) is 14.4 Å². The largest absolute Gasteiger partial charge is 0.369 e. The van der Waals surface area contributed by atoms with Gasteiger partial charge in [-0.15, -0.1) is 0 Å². The number of carbonyl (C=O) groups is 3. The van der Waals surface area contributed by atoms with Crippen molar-refractivity contribution in [3.8, 4) is 0 Å². The van der Waals surface area contributed by atoms with E-state index in [-0.39, 0.29) is 36.0 Å². The monoisotopic (exact) mass is 448 g/mol. The highest BCUT2D eigenvalue weighted by Gasteiger charge is 2.35. The van der Waals surface area contributed by atoms with Crippen molar-refractivity contribution in [2.75, 3.05) is 32.7 Å². The molecule has 174 valence electrons. The number of primary amides is 1. The summed E-state index contributed by atoms with van der Waals surface area (Å²) in [5.74, 6) is -0.501. The first-order valence-electron chi connectivity index (χ1n) is 11.7. The van der Waals surface area contributed by atoms with Crippen molar-refractivity contribution >= 4 is 17.7 Å². The van der Waals surface area contributed by atoms with Gasteiger partial charge in [0.25, 0.3) is 0 Å². The molecule has 3 amide bonds. The van der Waals surface area contributed by atoms with Crippen LogP contribution in [0.2, 0.25) is 0 Å². The zero-order valence-electron chi connectivity index (χ0n) is 18.9. The molecule has 0 aromatic heterocycles. The third kappa shape index (κ3) is 5.60. The van der Waals surface area contributed by atoms with Crippen LogP contribution >= 0.6 is 0 Å². The number of piperazine rings is 1. The zero-order valence-corrected chi connectivity index (χ0v) is 18.9. The van der Waals surface area contributed by atoms with E-state index in [1.54, 1.807) is 4.90 Å². The highest BCUT2D eigenvalue weighted by atomic mass is 16.2. The van der Waals surface area contributed by atoms with Gasteiger partial charge in [0, 0.05) is 44.6 Å². The van der Waals surface area contributed by atoms with E-state index in [4.69, 9.17) is 5.73 Å². The molecule has 0 saturated carbocycles. The first-order chi connectivity index (χ1) is 16.0. The summed E-state index contributed by atoms with van der Waals surface area (Å²) in [6.45, 7) is 2.95. The molecule has 2 aliphatic heterocycles. The molecule has 0 radical (unpaired) electrons. The summed E-state index contributed by atoms with van der Waals surface area (Å²) in [4.78, 5) is 41.2. The number of amides is 3.